The van der Waals surface area contributed by atoms with Gasteiger partial charge in [0.05, 0.1) is 11.6 Å². The molecule has 0 spiro atoms. The van der Waals surface area contributed by atoms with Gasteiger partial charge in [0.15, 0.2) is 5.52 Å². The van der Waals surface area contributed by atoms with E-state index < -0.39 is 0 Å². The second-order valence-electron chi connectivity index (χ2n) is 4.80. The van der Waals surface area contributed by atoms with Crippen LogP contribution in [-0.4, -0.2) is 31.0 Å². The molecule has 1 radical (unpaired) electrons. The van der Waals surface area contributed by atoms with E-state index in [0.29, 0.717) is 17.2 Å². The summed E-state index contributed by atoms with van der Waals surface area (Å²) in [5.74, 6) is 0.838. The summed E-state index contributed by atoms with van der Waals surface area (Å²) in [5.41, 5.74) is 2.69. The Morgan fingerprint density at radius 1 is 1.18 bits per heavy atom. The number of rotatable bonds is 5. The molecule has 0 aliphatic carbocycles. The van der Waals surface area contributed by atoms with E-state index in [-0.39, 0.29) is 33.0 Å². The Bertz CT molecular complexity index is 653. The molecule has 2 nitrogen and oxygen atoms in total. The fourth-order valence-electron chi connectivity index (χ4n) is 2.14. The van der Waals surface area contributed by atoms with E-state index in [1.807, 2.05) is 51.1 Å². The fourth-order valence-corrected chi connectivity index (χ4v) is 3.66. The number of benzene rings is 2. The minimum Gasteiger partial charge on any atom is -0.494 e. The fraction of sp³-hybridized carbons (Fsp3) is 0.235. The van der Waals surface area contributed by atoms with E-state index in [1.165, 1.54) is 0 Å². The molecule has 0 heterocycles. The zero-order valence-corrected chi connectivity index (χ0v) is 15.1. The van der Waals surface area contributed by atoms with Crippen molar-refractivity contribution in [2.75, 3.05) is 6.61 Å². The third kappa shape index (κ3) is 4.61. The quantitative estimate of drug-likeness (QED) is 0.610. The minimum atomic E-state index is 0. The van der Waals surface area contributed by atoms with Gasteiger partial charge in [0.2, 0.25) is 0 Å². The van der Waals surface area contributed by atoms with E-state index in [2.05, 4.69) is 0 Å². The third-order valence-corrected chi connectivity index (χ3v) is 4.83. The molecular weight excluding hydrogens is 310 g/mol. The van der Waals surface area contributed by atoms with Crippen LogP contribution in [0.4, 0.5) is 0 Å². The second-order valence-corrected chi connectivity index (χ2v) is 6.45. The predicted molar refractivity (Wildman–Crippen MR) is 96.6 cm³/mol. The van der Waals surface area contributed by atoms with Gasteiger partial charge < -0.3 is 4.74 Å². The average molecular weight is 328 g/mol. The first kappa shape index (κ1) is 19.3. The normalized spacial score (nSPS) is 10.5. The van der Waals surface area contributed by atoms with Gasteiger partial charge in [-0.2, -0.15) is 0 Å². The van der Waals surface area contributed by atoms with Gasteiger partial charge >= 0.3 is 0 Å². The van der Waals surface area contributed by atoms with E-state index in [4.69, 9.17) is 16.3 Å². The summed E-state index contributed by atoms with van der Waals surface area (Å²) >= 11 is 6.16. The van der Waals surface area contributed by atoms with Crippen molar-refractivity contribution in [2.24, 2.45) is 0 Å². The predicted octanol–water partition coefficient (Wildman–Crippen LogP) is 4.12. The maximum Gasteiger partial charge on any atom is 0.187 e. The average Bonchev–Trinajstić information content (AvgIpc) is 2.42. The molecule has 2 aromatic rings. The molecule has 2 aromatic carbocycles. The molecule has 0 fully saturated rings. The molecule has 0 aliphatic heterocycles. The number of carbonyl (C=O) groups is 1. The summed E-state index contributed by atoms with van der Waals surface area (Å²) in [7, 11) is 0.0668. The number of hydrogen-bond acceptors (Lipinski definition) is 2. The van der Waals surface area contributed by atoms with Crippen molar-refractivity contribution in [1.29, 1.82) is 0 Å². The summed E-state index contributed by atoms with van der Waals surface area (Å²) in [6, 6.07) is 11.4. The van der Waals surface area contributed by atoms with E-state index >= 15 is 0 Å². The molecular formula is C17H18ClLiO2P. The Morgan fingerprint density at radius 3 is 2.50 bits per heavy atom. The van der Waals surface area contributed by atoms with Gasteiger partial charge in [-0.05, 0) is 64.0 Å². The number of halogens is 1. The molecule has 0 N–H and O–H groups in total. The first-order chi connectivity index (χ1) is 10.0. The molecule has 0 aliphatic rings. The van der Waals surface area contributed by atoms with Crippen LogP contribution in [0.3, 0.4) is 0 Å². The molecule has 1 unspecified atom stereocenters. The van der Waals surface area contributed by atoms with Crippen LogP contribution >= 0.6 is 20.2 Å². The smallest absolute Gasteiger partial charge is 0.187 e. The van der Waals surface area contributed by atoms with Crippen molar-refractivity contribution in [2.45, 2.75) is 20.8 Å². The van der Waals surface area contributed by atoms with Crippen LogP contribution in [-0.2, 0) is 0 Å². The molecule has 0 aromatic heterocycles. The largest absolute Gasteiger partial charge is 0.494 e. The first-order valence-corrected chi connectivity index (χ1v) is 8.20. The standard InChI is InChI=1S/C17H18ClO2P.Li/c1-4-20-13-8-9-15(12(3)10-13)21-17(19)16-11(2)6-5-7-14(16)18;/h5-10,21H,4H2,1-3H3;. The summed E-state index contributed by atoms with van der Waals surface area (Å²) in [4.78, 5) is 12.5. The van der Waals surface area contributed by atoms with Gasteiger partial charge in [0.1, 0.15) is 5.75 Å². The zero-order valence-electron chi connectivity index (χ0n) is 13.4. The van der Waals surface area contributed by atoms with Crippen LogP contribution in [0.25, 0.3) is 0 Å². The minimum absolute atomic E-state index is 0. The molecule has 0 amide bonds. The maximum absolute atomic E-state index is 12.5. The van der Waals surface area contributed by atoms with Gasteiger partial charge in [-0.1, -0.05) is 29.8 Å². The van der Waals surface area contributed by atoms with E-state index in [0.717, 1.165) is 22.2 Å². The summed E-state index contributed by atoms with van der Waals surface area (Å²) in [5, 5.41) is 1.55. The Hall–Kier alpha value is -0.773. The van der Waals surface area contributed by atoms with Crippen molar-refractivity contribution in [3.05, 3.63) is 58.1 Å². The zero-order chi connectivity index (χ0) is 15.4. The molecule has 1 atom stereocenters. The number of hydrogen-bond donors (Lipinski definition) is 0. The molecule has 2 rings (SSSR count). The second kappa shape index (κ2) is 8.75. The SMILES string of the molecule is CCOc1ccc(PC(=O)c2c(C)cccc2Cl)c(C)c1.[Li]. The summed E-state index contributed by atoms with van der Waals surface area (Å²) in [6.07, 6.45) is 0. The van der Waals surface area contributed by atoms with E-state index in [1.54, 1.807) is 6.07 Å². The van der Waals surface area contributed by atoms with Crippen molar-refractivity contribution >= 4 is 49.9 Å². The van der Waals surface area contributed by atoms with Crippen LogP contribution < -0.4 is 10.0 Å². The number of carbonyl (C=O) groups excluding carboxylic acids is 1. The van der Waals surface area contributed by atoms with Crippen molar-refractivity contribution in [3.8, 4) is 5.75 Å². The molecule has 0 saturated carbocycles. The first-order valence-electron chi connectivity index (χ1n) is 6.83. The number of aryl methyl sites for hydroxylation is 2. The van der Waals surface area contributed by atoms with Gasteiger partial charge in [-0.25, -0.2) is 0 Å². The maximum atomic E-state index is 12.5. The summed E-state index contributed by atoms with van der Waals surface area (Å²) in [6.45, 7) is 6.50. The van der Waals surface area contributed by atoms with E-state index in [9.17, 15) is 4.79 Å². The number of ether oxygens (including phenoxy) is 1. The third-order valence-electron chi connectivity index (χ3n) is 3.21. The molecule has 0 bridgehead atoms. The Kier molecular flexibility index (Phi) is 7.67. The van der Waals surface area contributed by atoms with Crippen LogP contribution in [0, 0.1) is 13.8 Å². The van der Waals surface area contributed by atoms with Crippen LogP contribution in [0.5, 0.6) is 5.75 Å². The van der Waals surface area contributed by atoms with Crippen LogP contribution in [0.2, 0.25) is 5.02 Å². The molecule has 22 heavy (non-hydrogen) atoms. The van der Waals surface area contributed by atoms with Gasteiger partial charge in [0, 0.05) is 24.4 Å². The van der Waals surface area contributed by atoms with Gasteiger partial charge in [-0.15, -0.1) is 0 Å². The monoisotopic (exact) mass is 327 g/mol. The molecule has 111 valence electrons. The Balaban J connectivity index is 0.00000242. The van der Waals surface area contributed by atoms with Gasteiger partial charge in [-0.3, -0.25) is 4.79 Å². The van der Waals surface area contributed by atoms with Gasteiger partial charge in [0.25, 0.3) is 0 Å². The topological polar surface area (TPSA) is 26.3 Å². The van der Waals surface area contributed by atoms with Crippen LogP contribution in [0.15, 0.2) is 36.4 Å². The molecule has 5 heteroatoms. The Morgan fingerprint density at radius 2 is 1.91 bits per heavy atom. The van der Waals surface area contributed by atoms with Crippen molar-refractivity contribution < 1.29 is 9.53 Å². The molecule has 0 saturated heterocycles. The van der Waals surface area contributed by atoms with Crippen molar-refractivity contribution in [3.63, 3.8) is 0 Å². The van der Waals surface area contributed by atoms with Crippen LogP contribution in [0.1, 0.15) is 28.4 Å². The summed E-state index contributed by atoms with van der Waals surface area (Å²) < 4.78 is 5.47. The van der Waals surface area contributed by atoms with Crippen molar-refractivity contribution in [1.82, 2.24) is 0 Å². The Labute approximate surface area is 150 Å².